The molecule has 0 spiro atoms. The minimum absolute atomic E-state index is 0.0749. The Morgan fingerprint density at radius 1 is 0.955 bits per heavy atom. The summed E-state index contributed by atoms with van der Waals surface area (Å²) in [7, 11) is 0. The molecule has 0 amide bonds. The minimum atomic E-state index is -0.643. The van der Waals surface area contributed by atoms with Crippen molar-refractivity contribution in [3.05, 3.63) is 77.0 Å². The smallest absolute Gasteiger partial charge is 0.338 e. The molecule has 0 bridgehead atoms. The Morgan fingerprint density at radius 3 is 2.18 bits per heavy atom. The molecule has 0 aliphatic carbocycles. The van der Waals surface area contributed by atoms with Gasteiger partial charge in [-0.2, -0.15) is 10.2 Å². The number of nitrogens with zero attached hydrogens (tertiary/aromatic N) is 2. The van der Waals surface area contributed by atoms with Crippen LogP contribution in [0.25, 0.3) is 0 Å². The van der Waals surface area contributed by atoms with Crippen LogP contribution in [0.1, 0.15) is 6.92 Å². The molecule has 2 aromatic carbocycles. The van der Waals surface area contributed by atoms with E-state index >= 15 is 0 Å². The Kier molecular flexibility index (Phi) is 4.93. The van der Waals surface area contributed by atoms with Crippen molar-refractivity contribution >= 4 is 17.3 Å². The van der Waals surface area contributed by atoms with Crippen molar-refractivity contribution in [1.82, 2.24) is 0 Å². The molecule has 0 radical (unpaired) electrons. The van der Waals surface area contributed by atoms with Crippen LogP contribution >= 0.6 is 0 Å². The van der Waals surface area contributed by atoms with E-state index in [2.05, 4.69) is 16.8 Å². The second kappa shape index (κ2) is 7.08. The van der Waals surface area contributed by atoms with E-state index in [1.54, 1.807) is 6.07 Å². The summed E-state index contributed by atoms with van der Waals surface area (Å²) >= 11 is 0. The maximum Gasteiger partial charge on any atom is 0.338 e. The lowest BCUT2D eigenvalue weighted by Crippen LogP contribution is -2.13. The lowest BCUT2D eigenvalue weighted by atomic mass is 10.3. The van der Waals surface area contributed by atoms with Crippen LogP contribution in [-0.4, -0.2) is 5.97 Å². The van der Waals surface area contributed by atoms with Gasteiger partial charge in [-0.25, -0.2) is 4.79 Å². The molecule has 2 rings (SSSR count). The summed E-state index contributed by atoms with van der Waals surface area (Å²) in [5, 5.41) is 8.09. The molecule has 2 aromatic rings. The highest BCUT2D eigenvalue weighted by Gasteiger charge is 2.07. The van der Waals surface area contributed by atoms with E-state index in [-0.39, 0.29) is 11.3 Å². The van der Waals surface area contributed by atoms with Crippen LogP contribution in [0.15, 0.2) is 81.8 Å². The summed E-state index contributed by atoms with van der Waals surface area (Å²) in [6.45, 7) is 4.98. The molecular formula is C17H14N2O3. The highest BCUT2D eigenvalue weighted by atomic mass is 16.5. The van der Waals surface area contributed by atoms with Crippen LogP contribution in [0.4, 0.5) is 11.4 Å². The first kappa shape index (κ1) is 15.3. The molecule has 0 atom stereocenters. The second-order valence-corrected chi connectivity index (χ2v) is 4.53. The van der Waals surface area contributed by atoms with Gasteiger partial charge in [-0.05, 0) is 43.3 Å². The fraction of sp³-hybridized carbons (Fsp3) is 0.0588. The van der Waals surface area contributed by atoms with Gasteiger partial charge in [0.2, 0.25) is 5.43 Å². The van der Waals surface area contributed by atoms with Crippen molar-refractivity contribution in [1.29, 1.82) is 0 Å². The number of carbonyl (C=O) groups excluding carboxylic acids is 1. The Morgan fingerprint density at radius 2 is 1.55 bits per heavy atom. The standard InChI is InChI=1S/C17H14N2O3/c1-12(2)17(21)22-16-11-9-14(8-10-15(16)20)19-18-13-6-4-3-5-7-13/h3-11H,1H2,2H3. The monoisotopic (exact) mass is 294 g/mol. The molecule has 0 aromatic heterocycles. The van der Waals surface area contributed by atoms with E-state index in [0.717, 1.165) is 0 Å². The summed E-state index contributed by atoms with van der Waals surface area (Å²) < 4.78 is 4.96. The van der Waals surface area contributed by atoms with E-state index in [0.29, 0.717) is 11.4 Å². The molecule has 0 unspecified atom stereocenters. The maximum atomic E-state index is 11.8. The van der Waals surface area contributed by atoms with Crippen LogP contribution < -0.4 is 10.2 Å². The zero-order chi connectivity index (χ0) is 15.9. The Hall–Kier alpha value is -3.08. The molecule has 110 valence electrons. The zero-order valence-corrected chi connectivity index (χ0v) is 12.0. The number of benzene rings is 1. The highest BCUT2D eigenvalue weighted by molar-refractivity contribution is 5.88. The topological polar surface area (TPSA) is 68.1 Å². The van der Waals surface area contributed by atoms with E-state index in [1.165, 1.54) is 25.1 Å². The molecule has 0 saturated heterocycles. The molecule has 5 nitrogen and oxygen atoms in total. The lowest BCUT2D eigenvalue weighted by Gasteiger charge is -1.99. The van der Waals surface area contributed by atoms with Crippen LogP contribution in [0.5, 0.6) is 5.75 Å². The third-order valence-corrected chi connectivity index (χ3v) is 2.64. The lowest BCUT2D eigenvalue weighted by molar-refractivity contribution is -0.130. The van der Waals surface area contributed by atoms with Gasteiger partial charge in [-0.1, -0.05) is 24.8 Å². The number of azo groups is 1. The molecule has 0 saturated carbocycles. The van der Waals surface area contributed by atoms with Gasteiger partial charge in [0, 0.05) is 5.57 Å². The molecule has 0 aliphatic heterocycles. The van der Waals surface area contributed by atoms with Crippen molar-refractivity contribution in [2.75, 3.05) is 0 Å². The first-order valence-electron chi connectivity index (χ1n) is 6.55. The SMILES string of the molecule is C=C(C)C(=O)Oc1ccc(N=Nc2ccccc2)ccc1=O. The van der Waals surface area contributed by atoms with Gasteiger partial charge in [0.1, 0.15) is 0 Å². The summed E-state index contributed by atoms with van der Waals surface area (Å²) in [6.07, 6.45) is 0. The molecule has 0 heterocycles. The average Bonchev–Trinajstić information content (AvgIpc) is 2.69. The summed E-state index contributed by atoms with van der Waals surface area (Å²) in [5.74, 6) is -0.718. The number of rotatable bonds is 4. The summed E-state index contributed by atoms with van der Waals surface area (Å²) in [6, 6.07) is 14.9. The van der Waals surface area contributed by atoms with Crippen molar-refractivity contribution in [2.45, 2.75) is 6.92 Å². The van der Waals surface area contributed by atoms with Crippen LogP contribution in [0.3, 0.4) is 0 Å². The number of hydrogen-bond acceptors (Lipinski definition) is 5. The summed E-state index contributed by atoms with van der Waals surface area (Å²) in [5.41, 5.74) is 0.967. The average molecular weight is 294 g/mol. The predicted molar refractivity (Wildman–Crippen MR) is 83.8 cm³/mol. The molecule has 0 aliphatic rings. The fourth-order valence-corrected chi connectivity index (χ4v) is 1.49. The summed E-state index contributed by atoms with van der Waals surface area (Å²) in [4.78, 5) is 23.3. The van der Waals surface area contributed by atoms with Gasteiger partial charge in [-0.3, -0.25) is 4.79 Å². The van der Waals surface area contributed by atoms with Gasteiger partial charge in [0.05, 0.1) is 11.4 Å². The van der Waals surface area contributed by atoms with E-state index in [9.17, 15) is 9.59 Å². The maximum absolute atomic E-state index is 11.8. The third-order valence-electron chi connectivity index (χ3n) is 2.64. The van der Waals surface area contributed by atoms with Crippen molar-refractivity contribution in [2.24, 2.45) is 10.2 Å². The zero-order valence-electron chi connectivity index (χ0n) is 12.0. The second-order valence-electron chi connectivity index (χ2n) is 4.53. The fourth-order valence-electron chi connectivity index (χ4n) is 1.49. The van der Waals surface area contributed by atoms with Crippen LogP contribution in [-0.2, 0) is 4.79 Å². The molecule has 22 heavy (non-hydrogen) atoms. The van der Waals surface area contributed by atoms with Crippen molar-refractivity contribution in [3.8, 4) is 5.75 Å². The Labute approximate surface area is 127 Å². The number of carbonyl (C=O) groups is 1. The number of hydrogen-bond donors (Lipinski definition) is 0. The number of esters is 1. The first-order chi connectivity index (χ1) is 10.6. The van der Waals surface area contributed by atoms with E-state index in [1.807, 2.05) is 30.3 Å². The quantitative estimate of drug-likeness (QED) is 0.487. The minimum Gasteiger partial charge on any atom is -0.419 e. The predicted octanol–water partition coefficient (Wildman–Crippen LogP) is 3.94. The molecular weight excluding hydrogens is 280 g/mol. The molecule has 5 heteroatoms. The van der Waals surface area contributed by atoms with Gasteiger partial charge in [-0.15, -0.1) is 0 Å². The van der Waals surface area contributed by atoms with Gasteiger partial charge >= 0.3 is 5.97 Å². The van der Waals surface area contributed by atoms with Gasteiger partial charge in [0.15, 0.2) is 5.75 Å². The Balaban J connectivity index is 2.24. The third kappa shape index (κ3) is 4.21. The van der Waals surface area contributed by atoms with Crippen molar-refractivity contribution in [3.63, 3.8) is 0 Å². The largest absolute Gasteiger partial charge is 0.419 e. The normalized spacial score (nSPS) is 10.4. The van der Waals surface area contributed by atoms with Crippen LogP contribution in [0, 0.1) is 0 Å². The molecule has 0 fully saturated rings. The first-order valence-corrected chi connectivity index (χ1v) is 6.55. The van der Waals surface area contributed by atoms with E-state index < -0.39 is 11.4 Å². The Bertz CT molecular complexity index is 783. The van der Waals surface area contributed by atoms with Crippen LogP contribution in [0.2, 0.25) is 0 Å². The van der Waals surface area contributed by atoms with Crippen molar-refractivity contribution < 1.29 is 9.53 Å². The van der Waals surface area contributed by atoms with Gasteiger partial charge in [0.25, 0.3) is 0 Å². The molecule has 0 N–H and O–H groups in total. The van der Waals surface area contributed by atoms with Gasteiger partial charge < -0.3 is 4.74 Å². The van der Waals surface area contributed by atoms with E-state index in [4.69, 9.17) is 4.74 Å². The highest BCUT2D eigenvalue weighted by Crippen LogP contribution is 2.17. The number of ether oxygens (including phenoxy) is 1.